The Balaban J connectivity index is 1.65. The average molecular weight is 440 g/mol. The molecule has 1 fully saturated rings. The van der Waals surface area contributed by atoms with Crippen molar-refractivity contribution in [1.82, 2.24) is 14.4 Å². The number of piperidine rings is 1. The number of likely N-dealkylation sites (N-methyl/N-ethyl adjacent to an activating group) is 1. The van der Waals surface area contributed by atoms with E-state index < -0.39 is 0 Å². The molecule has 1 aliphatic rings. The Kier molecular flexibility index (Phi) is 7.38. The van der Waals surface area contributed by atoms with Gasteiger partial charge in [0.2, 0.25) is 5.91 Å². The number of rotatable bonds is 6. The van der Waals surface area contributed by atoms with E-state index in [0.717, 1.165) is 22.6 Å². The molecule has 0 bridgehead atoms. The third-order valence-electron chi connectivity index (χ3n) is 6.20. The molecular formula is C25H33N3O4. The zero-order valence-corrected chi connectivity index (χ0v) is 19.7. The average Bonchev–Trinajstić information content (AvgIpc) is 3.07. The van der Waals surface area contributed by atoms with Gasteiger partial charge in [0, 0.05) is 37.2 Å². The van der Waals surface area contributed by atoms with Crippen LogP contribution >= 0.6 is 0 Å². The molecule has 2 aromatic rings. The van der Waals surface area contributed by atoms with Gasteiger partial charge in [0.25, 0.3) is 5.91 Å². The summed E-state index contributed by atoms with van der Waals surface area (Å²) in [5.74, 6) is -0.607. The number of aryl methyl sites for hydroxylation is 2. The number of aromatic nitrogens is 1. The first-order chi connectivity index (χ1) is 15.2. The summed E-state index contributed by atoms with van der Waals surface area (Å²) in [5, 5.41) is 0. The minimum atomic E-state index is -0.184. The lowest BCUT2D eigenvalue weighted by Crippen LogP contribution is -2.45. The molecule has 2 amide bonds. The van der Waals surface area contributed by atoms with Crippen LogP contribution in [0.25, 0.3) is 5.69 Å². The SMILES string of the molecule is CCOC(=O)C1CCN(C(=O)CN(C)C(=O)c2cc(C)n(-c3ccccc3C)c2C)CC1. The molecule has 1 saturated heterocycles. The summed E-state index contributed by atoms with van der Waals surface area (Å²) in [6.45, 7) is 9.15. The highest BCUT2D eigenvalue weighted by atomic mass is 16.5. The van der Waals surface area contributed by atoms with Gasteiger partial charge in [0.1, 0.15) is 0 Å². The highest BCUT2D eigenvalue weighted by Crippen LogP contribution is 2.24. The lowest BCUT2D eigenvalue weighted by Gasteiger charge is -2.32. The molecule has 0 radical (unpaired) electrons. The number of carbonyl (C=O) groups excluding carboxylic acids is 3. The van der Waals surface area contributed by atoms with E-state index in [0.29, 0.717) is 38.1 Å². The fraction of sp³-hybridized carbons (Fsp3) is 0.480. The Hall–Kier alpha value is -3.09. The van der Waals surface area contributed by atoms with Crippen LogP contribution in [0.1, 0.15) is 47.1 Å². The van der Waals surface area contributed by atoms with E-state index in [1.807, 2.05) is 51.1 Å². The maximum atomic E-state index is 13.2. The zero-order chi connectivity index (χ0) is 23.4. The van der Waals surface area contributed by atoms with Crippen molar-refractivity contribution in [3.05, 3.63) is 52.8 Å². The standard InChI is InChI=1S/C25H33N3O4/c1-6-32-25(31)20-11-13-27(14-12-20)23(29)16-26(5)24(30)21-15-18(3)28(19(21)4)22-10-8-7-9-17(22)2/h7-10,15,20H,6,11-14,16H2,1-5H3. The predicted octanol–water partition coefficient (Wildman–Crippen LogP) is 3.28. The van der Waals surface area contributed by atoms with E-state index >= 15 is 0 Å². The van der Waals surface area contributed by atoms with Crippen molar-refractivity contribution in [2.75, 3.05) is 33.3 Å². The maximum absolute atomic E-state index is 13.2. The van der Waals surface area contributed by atoms with Gasteiger partial charge in [-0.2, -0.15) is 0 Å². The van der Waals surface area contributed by atoms with Gasteiger partial charge >= 0.3 is 5.97 Å². The van der Waals surface area contributed by atoms with E-state index in [4.69, 9.17) is 4.74 Å². The number of amides is 2. The third-order valence-corrected chi connectivity index (χ3v) is 6.20. The van der Waals surface area contributed by atoms with Gasteiger partial charge < -0.3 is 19.1 Å². The molecule has 7 nitrogen and oxygen atoms in total. The fourth-order valence-electron chi connectivity index (χ4n) is 4.37. The van der Waals surface area contributed by atoms with Crippen molar-refractivity contribution < 1.29 is 19.1 Å². The van der Waals surface area contributed by atoms with Crippen molar-refractivity contribution in [3.8, 4) is 5.69 Å². The Morgan fingerprint density at radius 3 is 2.38 bits per heavy atom. The number of hydrogen-bond acceptors (Lipinski definition) is 4. The second kappa shape index (κ2) is 10.0. The molecular weight excluding hydrogens is 406 g/mol. The molecule has 3 rings (SSSR count). The lowest BCUT2D eigenvalue weighted by atomic mass is 9.97. The molecule has 7 heteroatoms. The number of nitrogens with zero attached hydrogens (tertiary/aromatic N) is 3. The van der Waals surface area contributed by atoms with Gasteiger partial charge in [-0.15, -0.1) is 0 Å². The molecule has 2 heterocycles. The van der Waals surface area contributed by atoms with E-state index in [-0.39, 0.29) is 30.2 Å². The third kappa shape index (κ3) is 4.87. The molecule has 1 aliphatic heterocycles. The fourth-order valence-corrected chi connectivity index (χ4v) is 4.37. The maximum Gasteiger partial charge on any atom is 0.309 e. The normalized spacial score (nSPS) is 14.3. The van der Waals surface area contributed by atoms with Crippen LogP contribution in [0.5, 0.6) is 0 Å². The summed E-state index contributed by atoms with van der Waals surface area (Å²) >= 11 is 0. The van der Waals surface area contributed by atoms with Crippen LogP contribution in [-0.4, -0.2) is 65.4 Å². The molecule has 32 heavy (non-hydrogen) atoms. The first-order valence-corrected chi connectivity index (χ1v) is 11.2. The summed E-state index contributed by atoms with van der Waals surface area (Å²) in [6.07, 6.45) is 1.19. The smallest absolute Gasteiger partial charge is 0.309 e. The molecule has 0 saturated carbocycles. The number of carbonyl (C=O) groups is 3. The number of benzene rings is 1. The highest BCUT2D eigenvalue weighted by Gasteiger charge is 2.29. The van der Waals surface area contributed by atoms with E-state index in [1.54, 1.807) is 18.9 Å². The van der Waals surface area contributed by atoms with Gasteiger partial charge in [0.15, 0.2) is 0 Å². The van der Waals surface area contributed by atoms with Crippen molar-refractivity contribution in [1.29, 1.82) is 0 Å². The second-order valence-electron chi connectivity index (χ2n) is 8.48. The lowest BCUT2D eigenvalue weighted by molar-refractivity contribution is -0.151. The number of para-hydroxylation sites is 1. The molecule has 0 unspecified atom stereocenters. The van der Waals surface area contributed by atoms with Gasteiger partial charge in [-0.05, 0) is 58.2 Å². The van der Waals surface area contributed by atoms with Crippen molar-refractivity contribution >= 4 is 17.8 Å². The van der Waals surface area contributed by atoms with E-state index in [1.165, 1.54) is 4.90 Å². The molecule has 172 valence electrons. The Morgan fingerprint density at radius 2 is 1.75 bits per heavy atom. The van der Waals surface area contributed by atoms with Crippen LogP contribution in [-0.2, 0) is 14.3 Å². The first-order valence-electron chi connectivity index (χ1n) is 11.2. The largest absolute Gasteiger partial charge is 0.466 e. The molecule has 1 aromatic carbocycles. The van der Waals surface area contributed by atoms with Gasteiger partial charge in [-0.1, -0.05) is 18.2 Å². The van der Waals surface area contributed by atoms with E-state index in [9.17, 15) is 14.4 Å². The van der Waals surface area contributed by atoms with Crippen molar-refractivity contribution in [3.63, 3.8) is 0 Å². The zero-order valence-electron chi connectivity index (χ0n) is 19.7. The minimum absolute atomic E-state index is 0.0109. The first kappa shape index (κ1) is 23.6. The summed E-state index contributed by atoms with van der Waals surface area (Å²) in [7, 11) is 1.66. The number of esters is 1. The van der Waals surface area contributed by atoms with Crippen LogP contribution in [0.4, 0.5) is 0 Å². The second-order valence-corrected chi connectivity index (χ2v) is 8.48. The van der Waals surface area contributed by atoms with Gasteiger partial charge in [-0.3, -0.25) is 14.4 Å². The molecule has 0 atom stereocenters. The van der Waals surface area contributed by atoms with Crippen LogP contribution < -0.4 is 0 Å². The molecule has 0 N–H and O–H groups in total. The molecule has 1 aromatic heterocycles. The number of ether oxygens (including phenoxy) is 1. The van der Waals surface area contributed by atoms with E-state index in [2.05, 4.69) is 4.57 Å². The molecule has 0 spiro atoms. The summed E-state index contributed by atoms with van der Waals surface area (Å²) in [4.78, 5) is 41.1. The monoisotopic (exact) mass is 439 g/mol. The summed E-state index contributed by atoms with van der Waals surface area (Å²) < 4.78 is 7.17. The van der Waals surface area contributed by atoms with Crippen molar-refractivity contribution in [2.45, 2.75) is 40.5 Å². The topological polar surface area (TPSA) is 71.8 Å². The van der Waals surface area contributed by atoms with Gasteiger partial charge in [0.05, 0.1) is 24.6 Å². The van der Waals surface area contributed by atoms with Crippen LogP contribution in [0.2, 0.25) is 0 Å². The highest BCUT2D eigenvalue weighted by molar-refractivity contribution is 5.97. The summed E-state index contributed by atoms with van der Waals surface area (Å²) in [6, 6.07) is 9.95. The van der Waals surface area contributed by atoms with Crippen LogP contribution in [0.15, 0.2) is 30.3 Å². The van der Waals surface area contributed by atoms with Crippen LogP contribution in [0.3, 0.4) is 0 Å². The summed E-state index contributed by atoms with van der Waals surface area (Å²) in [5.41, 5.74) is 4.60. The quantitative estimate of drug-likeness (QED) is 0.648. The predicted molar refractivity (Wildman–Crippen MR) is 123 cm³/mol. The Bertz CT molecular complexity index is 1000. The molecule has 0 aliphatic carbocycles. The van der Waals surface area contributed by atoms with Crippen molar-refractivity contribution in [2.24, 2.45) is 5.92 Å². The minimum Gasteiger partial charge on any atom is -0.466 e. The number of likely N-dealkylation sites (tertiary alicyclic amines) is 1. The Labute approximate surface area is 189 Å². The van der Waals surface area contributed by atoms with Gasteiger partial charge in [-0.25, -0.2) is 0 Å². The number of hydrogen-bond donors (Lipinski definition) is 0. The Morgan fingerprint density at radius 1 is 1.09 bits per heavy atom. The van der Waals surface area contributed by atoms with Crippen LogP contribution in [0, 0.1) is 26.7 Å².